The molecule has 3 rings (SSSR count). The summed E-state index contributed by atoms with van der Waals surface area (Å²) in [6.07, 6.45) is 0. The number of hydrogen-bond donors (Lipinski definition) is 0. The summed E-state index contributed by atoms with van der Waals surface area (Å²) in [4.78, 5) is 27.3. The minimum absolute atomic E-state index is 0.0508. The summed E-state index contributed by atoms with van der Waals surface area (Å²) in [7, 11) is 0. The number of halogens is 1. The van der Waals surface area contributed by atoms with E-state index in [2.05, 4.69) is 24.0 Å². The number of hydrogen-bond acceptors (Lipinski definition) is 4. The lowest BCUT2D eigenvalue weighted by molar-refractivity contribution is -0.385. The monoisotopic (exact) mass is 373 g/mol. The summed E-state index contributed by atoms with van der Waals surface area (Å²) < 4.78 is 0. The first-order valence-corrected chi connectivity index (χ1v) is 8.83. The fraction of sp³-hybridized carbons (Fsp3) is 0.316. The highest BCUT2D eigenvalue weighted by atomic mass is 35.5. The molecule has 1 aliphatic heterocycles. The lowest BCUT2D eigenvalue weighted by Gasteiger charge is -2.35. The second kappa shape index (κ2) is 7.85. The number of aryl methyl sites for hydroxylation is 1. The molecule has 0 aromatic heterocycles. The molecule has 26 heavy (non-hydrogen) atoms. The van der Waals surface area contributed by atoms with E-state index >= 15 is 0 Å². The van der Waals surface area contributed by atoms with Gasteiger partial charge in [-0.3, -0.25) is 19.8 Å². The Hall–Kier alpha value is -2.44. The van der Waals surface area contributed by atoms with E-state index in [0.717, 1.165) is 19.6 Å². The lowest BCUT2D eigenvalue weighted by atomic mass is 10.1. The van der Waals surface area contributed by atoms with Gasteiger partial charge in [-0.25, -0.2) is 0 Å². The first-order valence-electron chi connectivity index (χ1n) is 8.46. The zero-order chi connectivity index (χ0) is 18.7. The highest BCUT2D eigenvalue weighted by molar-refractivity contribution is 6.31. The van der Waals surface area contributed by atoms with E-state index in [4.69, 9.17) is 11.6 Å². The van der Waals surface area contributed by atoms with Crippen molar-refractivity contribution in [2.24, 2.45) is 0 Å². The van der Waals surface area contributed by atoms with Crippen LogP contribution in [-0.2, 0) is 6.54 Å². The van der Waals surface area contributed by atoms with Gasteiger partial charge in [0.1, 0.15) is 5.56 Å². The third-order valence-corrected chi connectivity index (χ3v) is 4.94. The number of nitrogens with zero attached hydrogens (tertiary/aromatic N) is 3. The summed E-state index contributed by atoms with van der Waals surface area (Å²) >= 11 is 5.93. The Kier molecular flexibility index (Phi) is 5.54. The van der Waals surface area contributed by atoms with E-state index in [1.165, 1.54) is 29.3 Å². The van der Waals surface area contributed by atoms with Crippen molar-refractivity contribution >= 4 is 23.2 Å². The van der Waals surface area contributed by atoms with Crippen LogP contribution in [0, 0.1) is 17.0 Å². The van der Waals surface area contributed by atoms with Gasteiger partial charge in [-0.1, -0.05) is 35.9 Å². The number of carbonyl (C=O) groups is 1. The number of rotatable bonds is 4. The van der Waals surface area contributed by atoms with Gasteiger partial charge in [0, 0.05) is 43.8 Å². The van der Waals surface area contributed by atoms with E-state index in [-0.39, 0.29) is 17.2 Å². The third kappa shape index (κ3) is 4.03. The summed E-state index contributed by atoms with van der Waals surface area (Å²) in [6.45, 7) is 5.46. The van der Waals surface area contributed by atoms with Gasteiger partial charge >= 0.3 is 0 Å². The predicted molar refractivity (Wildman–Crippen MR) is 100 cm³/mol. The van der Waals surface area contributed by atoms with Crippen molar-refractivity contribution in [3.05, 3.63) is 74.3 Å². The molecule has 1 aliphatic rings. The van der Waals surface area contributed by atoms with Crippen LogP contribution in [0.5, 0.6) is 0 Å². The van der Waals surface area contributed by atoms with E-state index in [0.29, 0.717) is 18.1 Å². The van der Waals surface area contributed by atoms with Crippen LogP contribution in [0.1, 0.15) is 21.5 Å². The summed E-state index contributed by atoms with van der Waals surface area (Å²) in [6, 6.07) is 12.3. The lowest BCUT2D eigenvalue weighted by Crippen LogP contribution is -2.48. The third-order valence-electron chi connectivity index (χ3n) is 4.70. The van der Waals surface area contributed by atoms with Crippen molar-refractivity contribution in [1.82, 2.24) is 9.80 Å². The van der Waals surface area contributed by atoms with E-state index < -0.39 is 4.92 Å². The maximum absolute atomic E-state index is 12.7. The van der Waals surface area contributed by atoms with Crippen LogP contribution in [0.4, 0.5) is 5.69 Å². The van der Waals surface area contributed by atoms with Crippen LogP contribution < -0.4 is 0 Å². The molecule has 0 N–H and O–H groups in total. The van der Waals surface area contributed by atoms with Gasteiger partial charge in [0.15, 0.2) is 0 Å². The fourth-order valence-electron chi connectivity index (χ4n) is 3.15. The van der Waals surface area contributed by atoms with Crippen molar-refractivity contribution in [1.29, 1.82) is 0 Å². The standard InChI is InChI=1S/C19H20ClN3O3/c1-14-4-2-3-5-15(14)13-21-8-10-22(11-9-21)19(24)17-12-16(20)6-7-18(17)23(25)26/h2-7,12H,8-11,13H2,1H3. The Morgan fingerprint density at radius 3 is 2.50 bits per heavy atom. The molecule has 1 fully saturated rings. The first kappa shape index (κ1) is 18.4. The molecule has 0 unspecified atom stereocenters. The van der Waals surface area contributed by atoms with Gasteiger partial charge in [0.25, 0.3) is 11.6 Å². The summed E-state index contributed by atoms with van der Waals surface area (Å²) in [5, 5.41) is 11.5. The molecule has 7 heteroatoms. The molecular formula is C19H20ClN3O3. The van der Waals surface area contributed by atoms with Crippen LogP contribution >= 0.6 is 11.6 Å². The number of nitro benzene ring substituents is 1. The molecule has 0 bridgehead atoms. The minimum atomic E-state index is -0.544. The molecule has 6 nitrogen and oxygen atoms in total. The quantitative estimate of drug-likeness (QED) is 0.607. The first-order chi connectivity index (χ1) is 12.5. The molecule has 1 amide bonds. The summed E-state index contributed by atoms with van der Waals surface area (Å²) in [5.74, 6) is -0.338. The Morgan fingerprint density at radius 1 is 1.15 bits per heavy atom. The van der Waals surface area contributed by atoms with Gasteiger partial charge in [0.05, 0.1) is 4.92 Å². The SMILES string of the molecule is Cc1ccccc1CN1CCN(C(=O)c2cc(Cl)ccc2[N+](=O)[O-])CC1. The van der Waals surface area contributed by atoms with Crippen LogP contribution in [0.15, 0.2) is 42.5 Å². The van der Waals surface area contributed by atoms with Gasteiger partial charge in [-0.2, -0.15) is 0 Å². The molecular weight excluding hydrogens is 354 g/mol. The largest absolute Gasteiger partial charge is 0.336 e. The van der Waals surface area contributed by atoms with Crippen LogP contribution in [0.3, 0.4) is 0 Å². The molecule has 0 radical (unpaired) electrons. The fourth-order valence-corrected chi connectivity index (χ4v) is 3.32. The van der Waals surface area contributed by atoms with Crippen LogP contribution in [0.2, 0.25) is 5.02 Å². The molecule has 1 saturated heterocycles. The molecule has 0 saturated carbocycles. The molecule has 136 valence electrons. The normalized spacial score (nSPS) is 15.1. The Morgan fingerprint density at radius 2 is 1.85 bits per heavy atom. The van der Waals surface area contributed by atoms with Crippen molar-refractivity contribution in [2.45, 2.75) is 13.5 Å². The van der Waals surface area contributed by atoms with Crippen molar-refractivity contribution in [3.8, 4) is 0 Å². The molecule has 0 aliphatic carbocycles. The number of benzene rings is 2. The van der Waals surface area contributed by atoms with Gasteiger partial charge in [-0.15, -0.1) is 0 Å². The average Bonchev–Trinajstić information content (AvgIpc) is 2.63. The Labute approximate surface area is 157 Å². The predicted octanol–water partition coefficient (Wildman–Crippen LogP) is 3.51. The molecule has 0 atom stereocenters. The topological polar surface area (TPSA) is 66.7 Å². The number of carbonyl (C=O) groups excluding carboxylic acids is 1. The molecule has 2 aromatic carbocycles. The van der Waals surface area contributed by atoms with Crippen molar-refractivity contribution in [2.75, 3.05) is 26.2 Å². The zero-order valence-corrected chi connectivity index (χ0v) is 15.3. The van der Waals surface area contributed by atoms with Gasteiger partial charge < -0.3 is 4.90 Å². The number of amides is 1. The highest BCUT2D eigenvalue weighted by Gasteiger charge is 2.27. The van der Waals surface area contributed by atoms with Crippen LogP contribution in [-0.4, -0.2) is 46.8 Å². The number of piperazine rings is 1. The Balaban J connectivity index is 1.67. The second-order valence-corrected chi connectivity index (χ2v) is 6.85. The second-order valence-electron chi connectivity index (χ2n) is 6.41. The van der Waals surface area contributed by atoms with Gasteiger partial charge in [0.2, 0.25) is 0 Å². The van der Waals surface area contributed by atoms with Crippen LogP contribution in [0.25, 0.3) is 0 Å². The smallest absolute Gasteiger partial charge is 0.282 e. The molecule has 0 spiro atoms. The maximum atomic E-state index is 12.7. The van der Waals surface area contributed by atoms with Gasteiger partial charge in [-0.05, 0) is 30.2 Å². The minimum Gasteiger partial charge on any atom is -0.336 e. The molecule has 1 heterocycles. The maximum Gasteiger partial charge on any atom is 0.282 e. The average molecular weight is 374 g/mol. The number of nitro groups is 1. The highest BCUT2D eigenvalue weighted by Crippen LogP contribution is 2.25. The van der Waals surface area contributed by atoms with Crippen molar-refractivity contribution < 1.29 is 9.72 Å². The molecule has 2 aromatic rings. The van der Waals surface area contributed by atoms with Crippen molar-refractivity contribution in [3.63, 3.8) is 0 Å². The zero-order valence-electron chi connectivity index (χ0n) is 14.5. The van der Waals surface area contributed by atoms with E-state index in [1.807, 2.05) is 12.1 Å². The summed E-state index contributed by atoms with van der Waals surface area (Å²) in [5.41, 5.74) is 2.37. The van der Waals surface area contributed by atoms with E-state index in [9.17, 15) is 14.9 Å². The Bertz CT molecular complexity index is 833. The van der Waals surface area contributed by atoms with E-state index in [1.54, 1.807) is 4.90 Å².